The number of aromatic carboxylic acids is 2. The molecule has 1 aromatic rings. The highest BCUT2D eigenvalue weighted by Gasteiger charge is 2.18. The van der Waals surface area contributed by atoms with Crippen molar-refractivity contribution in [2.45, 2.75) is 19.8 Å². The fraction of sp³-hybridized carbons (Fsp3) is 0.400. The largest absolute Gasteiger partial charge is 0.478 e. The Morgan fingerprint density at radius 1 is 1.23 bits per heavy atom. The lowest BCUT2D eigenvalue weighted by Crippen LogP contribution is -2.17. The fourth-order valence-electron chi connectivity index (χ4n) is 2.21. The van der Waals surface area contributed by atoms with Crippen molar-refractivity contribution in [2.75, 3.05) is 26.0 Å². The summed E-state index contributed by atoms with van der Waals surface area (Å²) in [6, 6.07) is 2.83. The minimum Gasteiger partial charge on any atom is -0.478 e. The molecule has 0 unspecified atom stereocenters. The second kappa shape index (κ2) is 7.44. The van der Waals surface area contributed by atoms with E-state index < -0.39 is 11.9 Å². The molecule has 0 bridgehead atoms. The van der Waals surface area contributed by atoms with E-state index in [0.29, 0.717) is 11.6 Å². The third kappa shape index (κ3) is 3.97. The Balaban J connectivity index is 0.000000287. The Morgan fingerprint density at radius 3 is 2.18 bits per heavy atom. The van der Waals surface area contributed by atoms with E-state index >= 15 is 0 Å². The Kier molecular flexibility index (Phi) is 5.91. The standard InChI is InChI=1S/C10H11NO4.C5H9NO/c1-5-6(9(12)13)3-4-7(11-2)8(5)10(14)15;1-6-4-2-3-5(6)7/h3-4,11H,1-2H3,(H,12,13)(H,14,15);2-4H2,1H3. The molecule has 7 nitrogen and oxygen atoms in total. The number of amides is 1. The van der Waals surface area contributed by atoms with Gasteiger partial charge in [-0.25, -0.2) is 9.59 Å². The van der Waals surface area contributed by atoms with Crippen LogP contribution in [0.1, 0.15) is 39.1 Å². The highest BCUT2D eigenvalue weighted by Crippen LogP contribution is 2.22. The number of rotatable bonds is 3. The van der Waals surface area contributed by atoms with Gasteiger partial charge in [0.15, 0.2) is 0 Å². The molecule has 3 N–H and O–H groups in total. The molecule has 1 amide bonds. The normalized spacial score (nSPS) is 13.4. The maximum absolute atomic E-state index is 10.9. The van der Waals surface area contributed by atoms with E-state index in [1.165, 1.54) is 19.1 Å². The summed E-state index contributed by atoms with van der Waals surface area (Å²) in [7, 11) is 3.43. The van der Waals surface area contributed by atoms with Crippen LogP contribution in [0.5, 0.6) is 0 Å². The maximum Gasteiger partial charge on any atom is 0.338 e. The first kappa shape index (κ1) is 17.5. The molecule has 1 aliphatic heterocycles. The number of carboxylic acids is 2. The number of carboxylic acid groups (broad SMARTS) is 2. The van der Waals surface area contributed by atoms with E-state index in [1.54, 1.807) is 11.9 Å². The van der Waals surface area contributed by atoms with Crippen molar-refractivity contribution in [3.8, 4) is 0 Å². The average Bonchev–Trinajstić information content (AvgIpc) is 2.82. The predicted molar refractivity (Wildman–Crippen MR) is 81.5 cm³/mol. The lowest BCUT2D eigenvalue weighted by molar-refractivity contribution is -0.126. The number of carbonyl (C=O) groups excluding carboxylic acids is 1. The van der Waals surface area contributed by atoms with E-state index in [4.69, 9.17) is 10.2 Å². The van der Waals surface area contributed by atoms with Crippen LogP contribution in [0.3, 0.4) is 0 Å². The van der Waals surface area contributed by atoms with Crippen LogP contribution in [0, 0.1) is 6.92 Å². The van der Waals surface area contributed by atoms with Gasteiger partial charge in [0.1, 0.15) is 0 Å². The molecule has 0 aliphatic carbocycles. The molecule has 2 rings (SSSR count). The minimum atomic E-state index is -1.14. The highest BCUT2D eigenvalue weighted by molar-refractivity contribution is 6.00. The summed E-state index contributed by atoms with van der Waals surface area (Å²) in [5, 5.41) is 20.5. The van der Waals surface area contributed by atoms with Crippen molar-refractivity contribution in [3.63, 3.8) is 0 Å². The van der Waals surface area contributed by atoms with Crippen molar-refractivity contribution >= 4 is 23.5 Å². The Morgan fingerprint density at radius 2 is 1.86 bits per heavy atom. The van der Waals surface area contributed by atoms with Crippen LogP contribution in [-0.2, 0) is 4.79 Å². The second-order valence-corrected chi connectivity index (χ2v) is 4.94. The van der Waals surface area contributed by atoms with Crippen molar-refractivity contribution in [1.82, 2.24) is 4.90 Å². The van der Waals surface area contributed by atoms with Crippen LogP contribution in [0.25, 0.3) is 0 Å². The van der Waals surface area contributed by atoms with Gasteiger partial charge in [0, 0.05) is 32.7 Å². The zero-order valence-electron chi connectivity index (χ0n) is 12.8. The van der Waals surface area contributed by atoms with Crippen LogP contribution in [-0.4, -0.2) is 53.6 Å². The smallest absolute Gasteiger partial charge is 0.338 e. The van der Waals surface area contributed by atoms with Gasteiger partial charge in [-0.05, 0) is 31.0 Å². The lowest BCUT2D eigenvalue weighted by Gasteiger charge is -2.10. The lowest BCUT2D eigenvalue weighted by atomic mass is 10.0. The van der Waals surface area contributed by atoms with Gasteiger partial charge < -0.3 is 20.4 Å². The Hall–Kier alpha value is -2.57. The van der Waals surface area contributed by atoms with Crippen molar-refractivity contribution in [3.05, 3.63) is 28.8 Å². The topological polar surface area (TPSA) is 107 Å². The highest BCUT2D eigenvalue weighted by atomic mass is 16.4. The maximum atomic E-state index is 10.9. The van der Waals surface area contributed by atoms with Gasteiger partial charge in [-0.3, -0.25) is 4.79 Å². The Bertz CT molecular complexity index is 598. The average molecular weight is 308 g/mol. The summed E-state index contributed by atoms with van der Waals surface area (Å²) in [6.07, 6.45) is 1.81. The number of benzene rings is 1. The summed E-state index contributed by atoms with van der Waals surface area (Å²) in [5.41, 5.74) is 0.663. The van der Waals surface area contributed by atoms with Crippen LogP contribution in [0.4, 0.5) is 5.69 Å². The first-order valence-electron chi connectivity index (χ1n) is 6.81. The molecule has 1 fully saturated rings. The molecule has 22 heavy (non-hydrogen) atoms. The third-order valence-corrected chi connectivity index (χ3v) is 3.49. The molecule has 0 aromatic heterocycles. The summed E-state index contributed by atoms with van der Waals surface area (Å²) in [5.74, 6) is -1.97. The van der Waals surface area contributed by atoms with Crippen LogP contribution < -0.4 is 5.32 Å². The number of anilines is 1. The molecule has 120 valence electrons. The molecular formula is C15H20N2O5. The van der Waals surface area contributed by atoms with E-state index in [2.05, 4.69) is 5.32 Å². The number of carbonyl (C=O) groups is 3. The SMILES string of the molecule is CN1CCCC1=O.CNc1ccc(C(=O)O)c(C)c1C(=O)O. The van der Waals surface area contributed by atoms with Gasteiger partial charge >= 0.3 is 11.9 Å². The summed E-state index contributed by atoms with van der Waals surface area (Å²) in [6.45, 7) is 2.44. The van der Waals surface area contributed by atoms with E-state index in [0.717, 1.165) is 19.4 Å². The predicted octanol–water partition coefficient (Wildman–Crippen LogP) is 1.67. The van der Waals surface area contributed by atoms with Gasteiger partial charge in [-0.2, -0.15) is 0 Å². The van der Waals surface area contributed by atoms with E-state index in [9.17, 15) is 14.4 Å². The van der Waals surface area contributed by atoms with Gasteiger partial charge in [0.25, 0.3) is 0 Å². The molecular weight excluding hydrogens is 288 g/mol. The fourth-order valence-corrected chi connectivity index (χ4v) is 2.21. The monoisotopic (exact) mass is 308 g/mol. The minimum absolute atomic E-state index is 0.00241. The summed E-state index contributed by atoms with van der Waals surface area (Å²) < 4.78 is 0. The molecule has 0 radical (unpaired) electrons. The first-order chi connectivity index (χ1) is 10.3. The van der Waals surface area contributed by atoms with Crippen LogP contribution in [0.2, 0.25) is 0 Å². The molecule has 1 aliphatic rings. The third-order valence-electron chi connectivity index (χ3n) is 3.49. The summed E-state index contributed by atoms with van der Waals surface area (Å²) in [4.78, 5) is 34.0. The molecule has 0 atom stereocenters. The van der Waals surface area contributed by atoms with Crippen molar-refractivity contribution < 1.29 is 24.6 Å². The van der Waals surface area contributed by atoms with Crippen LogP contribution in [0.15, 0.2) is 12.1 Å². The molecule has 1 heterocycles. The zero-order valence-corrected chi connectivity index (χ0v) is 12.8. The van der Waals surface area contributed by atoms with E-state index in [1.807, 2.05) is 7.05 Å². The van der Waals surface area contributed by atoms with Gasteiger partial charge in [0.2, 0.25) is 5.91 Å². The van der Waals surface area contributed by atoms with Gasteiger partial charge in [-0.15, -0.1) is 0 Å². The quantitative estimate of drug-likeness (QED) is 0.784. The second-order valence-electron chi connectivity index (χ2n) is 4.94. The number of hydrogen-bond acceptors (Lipinski definition) is 4. The zero-order chi connectivity index (χ0) is 16.9. The van der Waals surface area contributed by atoms with E-state index in [-0.39, 0.29) is 16.7 Å². The number of nitrogens with zero attached hydrogens (tertiary/aromatic N) is 1. The number of likely N-dealkylation sites (tertiary alicyclic amines) is 1. The van der Waals surface area contributed by atoms with Crippen molar-refractivity contribution in [1.29, 1.82) is 0 Å². The molecule has 1 saturated heterocycles. The van der Waals surface area contributed by atoms with Gasteiger partial charge in [0.05, 0.1) is 11.1 Å². The molecule has 0 spiro atoms. The number of hydrogen-bond donors (Lipinski definition) is 3. The molecule has 0 saturated carbocycles. The van der Waals surface area contributed by atoms with Crippen LogP contribution >= 0.6 is 0 Å². The first-order valence-corrected chi connectivity index (χ1v) is 6.81. The van der Waals surface area contributed by atoms with Gasteiger partial charge in [-0.1, -0.05) is 0 Å². The van der Waals surface area contributed by atoms with Crippen molar-refractivity contribution in [2.24, 2.45) is 0 Å². The molecule has 1 aromatic carbocycles. The summed E-state index contributed by atoms with van der Waals surface area (Å²) >= 11 is 0. The number of nitrogens with one attached hydrogen (secondary N) is 1. The Labute approximate surface area is 128 Å². The molecule has 7 heteroatoms.